The van der Waals surface area contributed by atoms with Gasteiger partial charge >= 0.3 is 6.18 Å². The molecule has 2 N–H and O–H groups in total. The Kier molecular flexibility index (Phi) is 5.13. The fourth-order valence-corrected chi connectivity index (χ4v) is 2.88. The largest absolute Gasteiger partial charge is 0.416 e. The number of carbonyl (C=O) groups excluding carboxylic acids is 1. The van der Waals surface area contributed by atoms with Gasteiger partial charge in [0, 0.05) is 0 Å². The van der Waals surface area contributed by atoms with Crippen LogP contribution in [0.3, 0.4) is 0 Å². The molecule has 0 bridgehead atoms. The quantitative estimate of drug-likeness (QED) is 0.570. The average molecular weight is 442 g/mol. The van der Waals surface area contributed by atoms with E-state index in [9.17, 15) is 18.0 Å². The molecule has 0 unspecified atom stereocenters. The molecule has 0 aliphatic rings. The Balaban J connectivity index is 2.73. The van der Waals surface area contributed by atoms with Crippen LogP contribution in [0.15, 0.2) is 12.1 Å². The molecule has 1 aromatic carbocycles. The first-order chi connectivity index (χ1) is 11.1. The Labute approximate surface area is 151 Å². The molecule has 2 rings (SSSR count). The van der Waals surface area contributed by atoms with Crippen molar-refractivity contribution in [3.8, 4) is 11.8 Å². The highest BCUT2D eigenvalue weighted by molar-refractivity contribution is 9.09. The van der Waals surface area contributed by atoms with Gasteiger partial charge in [-0.2, -0.15) is 23.5 Å². The second-order valence-corrected chi connectivity index (χ2v) is 5.85. The first-order valence-electron chi connectivity index (χ1n) is 6.06. The fraction of sp³-hybridized carbons (Fsp3) is 0.154. The number of alkyl halides is 4. The zero-order chi connectivity index (χ0) is 18.2. The number of rotatable bonds is 3. The standard InChI is InChI=1S/C13H6BrCl2F3N4O/c14-3-9(24)10-8(4-20)22-23(12(10)21)11-6(15)1-5(2-7(11)16)13(17,18)19/h1-2H,3,21H2. The summed E-state index contributed by atoms with van der Waals surface area (Å²) >= 11 is 14.7. The number of nitriles is 1. The van der Waals surface area contributed by atoms with E-state index in [2.05, 4.69) is 21.0 Å². The van der Waals surface area contributed by atoms with Crippen LogP contribution >= 0.6 is 39.1 Å². The SMILES string of the molecule is N#Cc1nn(-c2c(Cl)cc(C(F)(F)F)cc2Cl)c(N)c1C(=O)CBr. The van der Waals surface area contributed by atoms with Crippen molar-refractivity contribution in [2.75, 3.05) is 11.1 Å². The summed E-state index contributed by atoms with van der Waals surface area (Å²) in [5.74, 6) is -0.769. The normalized spacial score (nSPS) is 11.4. The van der Waals surface area contributed by atoms with Crippen LogP contribution in [0.4, 0.5) is 19.0 Å². The van der Waals surface area contributed by atoms with E-state index in [1.165, 1.54) is 0 Å². The second-order valence-electron chi connectivity index (χ2n) is 4.48. The molecular formula is C13H6BrCl2F3N4O. The fourth-order valence-electron chi connectivity index (χ4n) is 1.95. The van der Waals surface area contributed by atoms with Gasteiger partial charge < -0.3 is 5.73 Å². The molecule has 24 heavy (non-hydrogen) atoms. The van der Waals surface area contributed by atoms with Crippen LogP contribution in [0, 0.1) is 11.3 Å². The highest BCUT2D eigenvalue weighted by Gasteiger charge is 2.33. The molecule has 0 amide bonds. The minimum absolute atomic E-state index is 0.119. The van der Waals surface area contributed by atoms with Gasteiger partial charge in [-0.3, -0.25) is 4.79 Å². The smallest absolute Gasteiger partial charge is 0.383 e. The number of halogens is 6. The van der Waals surface area contributed by atoms with Crippen molar-refractivity contribution >= 4 is 50.7 Å². The van der Waals surface area contributed by atoms with Crippen molar-refractivity contribution in [2.45, 2.75) is 6.18 Å². The molecule has 11 heteroatoms. The summed E-state index contributed by atoms with van der Waals surface area (Å²) in [6.45, 7) is 0. The maximum absolute atomic E-state index is 12.8. The Bertz CT molecular complexity index is 850. The van der Waals surface area contributed by atoms with Crippen LogP contribution in [0.1, 0.15) is 21.6 Å². The molecule has 0 fully saturated rings. The molecule has 0 aliphatic heterocycles. The lowest BCUT2D eigenvalue weighted by Gasteiger charge is -2.13. The number of ketones is 1. The van der Waals surface area contributed by atoms with Crippen molar-refractivity contribution in [3.05, 3.63) is 39.0 Å². The van der Waals surface area contributed by atoms with E-state index in [1.54, 1.807) is 6.07 Å². The molecule has 2 aromatic rings. The Morgan fingerprint density at radius 1 is 1.38 bits per heavy atom. The maximum Gasteiger partial charge on any atom is 0.416 e. The topological polar surface area (TPSA) is 84.7 Å². The molecule has 0 saturated carbocycles. The van der Waals surface area contributed by atoms with Crippen LogP contribution in [0.25, 0.3) is 5.69 Å². The summed E-state index contributed by atoms with van der Waals surface area (Å²) in [5.41, 5.74) is 4.15. The average Bonchev–Trinajstić information content (AvgIpc) is 2.81. The van der Waals surface area contributed by atoms with Gasteiger partial charge in [0.1, 0.15) is 17.6 Å². The molecule has 126 valence electrons. The lowest BCUT2D eigenvalue weighted by Crippen LogP contribution is -2.10. The number of nitrogens with zero attached hydrogens (tertiary/aromatic N) is 3. The van der Waals surface area contributed by atoms with E-state index in [0.717, 1.165) is 4.68 Å². The van der Waals surface area contributed by atoms with E-state index in [0.29, 0.717) is 12.1 Å². The number of hydrogen-bond donors (Lipinski definition) is 1. The molecule has 0 aliphatic carbocycles. The summed E-state index contributed by atoms with van der Waals surface area (Å²) in [7, 11) is 0. The van der Waals surface area contributed by atoms with Crippen LogP contribution in [-0.2, 0) is 6.18 Å². The van der Waals surface area contributed by atoms with Gasteiger partial charge in [-0.05, 0) is 12.1 Å². The highest BCUT2D eigenvalue weighted by Crippen LogP contribution is 2.38. The first-order valence-corrected chi connectivity index (χ1v) is 7.94. The number of Topliss-reactive ketones (excluding diaryl/α,β-unsaturated/α-hetero) is 1. The molecular weight excluding hydrogens is 436 g/mol. The number of anilines is 1. The van der Waals surface area contributed by atoms with Gasteiger partial charge in [0.2, 0.25) is 0 Å². The summed E-state index contributed by atoms with van der Waals surface area (Å²) in [6.07, 6.45) is -4.64. The summed E-state index contributed by atoms with van der Waals surface area (Å²) in [5, 5.41) is 12.0. The summed E-state index contributed by atoms with van der Waals surface area (Å²) in [6, 6.07) is 3.01. The van der Waals surface area contributed by atoms with Crippen molar-refractivity contribution in [1.82, 2.24) is 9.78 Å². The zero-order valence-electron chi connectivity index (χ0n) is 11.5. The predicted molar refractivity (Wildman–Crippen MR) is 85.8 cm³/mol. The van der Waals surface area contributed by atoms with E-state index in [-0.39, 0.29) is 38.1 Å². The number of nitrogens with two attached hydrogens (primary N) is 1. The van der Waals surface area contributed by atoms with Crippen LogP contribution in [-0.4, -0.2) is 20.9 Å². The lowest BCUT2D eigenvalue weighted by molar-refractivity contribution is -0.137. The van der Waals surface area contributed by atoms with Gasteiger partial charge in [-0.15, -0.1) is 0 Å². The summed E-state index contributed by atoms with van der Waals surface area (Å²) < 4.78 is 39.2. The van der Waals surface area contributed by atoms with Crippen molar-refractivity contribution < 1.29 is 18.0 Å². The predicted octanol–water partition coefficient (Wildman–Crippen LogP) is 4.23. The highest BCUT2D eigenvalue weighted by atomic mass is 79.9. The number of nitrogen functional groups attached to an aromatic ring is 1. The monoisotopic (exact) mass is 440 g/mol. The minimum Gasteiger partial charge on any atom is -0.383 e. The van der Waals surface area contributed by atoms with Gasteiger partial charge in [0.15, 0.2) is 11.5 Å². The number of benzene rings is 1. The van der Waals surface area contributed by atoms with Crippen LogP contribution < -0.4 is 5.73 Å². The van der Waals surface area contributed by atoms with Crippen molar-refractivity contribution in [2.24, 2.45) is 0 Å². The van der Waals surface area contributed by atoms with Gasteiger partial charge in [0.05, 0.1) is 26.5 Å². The molecule has 1 aromatic heterocycles. The zero-order valence-corrected chi connectivity index (χ0v) is 14.6. The van der Waals surface area contributed by atoms with Gasteiger partial charge in [-0.25, -0.2) is 4.68 Å². The second kappa shape index (κ2) is 6.63. The van der Waals surface area contributed by atoms with Crippen LogP contribution in [0.5, 0.6) is 0 Å². The maximum atomic E-state index is 12.8. The lowest BCUT2D eigenvalue weighted by atomic mass is 10.1. The molecule has 0 spiro atoms. The third-order valence-electron chi connectivity index (χ3n) is 2.98. The number of hydrogen-bond acceptors (Lipinski definition) is 4. The third-order valence-corrected chi connectivity index (χ3v) is 4.07. The third kappa shape index (κ3) is 3.22. The Hall–Kier alpha value is -1.76. The van der Waals surface area contributed by atoms with E-state index < -0.39 is 17.5 Å². The van der Waals surface area contributed by atoms with Crippen molar-refractivity contribution in [3.63, 3.8) is 0 Å². The molecule has 0 saturated heterocycles. The number of carbonyl (C=O) groups is 1. The number of aromatic nitrogens is 2. The van der Waals surface area contributed by atoms with E-state index in [4.69, 9.17) is 34.2 Å². The Morgan fingerprint density at radius 2 is 1.92 bits per heavy atom. The molecule has 0 atom stereocenters. The minimum atomic E-state index is -4.64. The Morgan fingerprint density at radius 3 is 2.33 bits per heavy atom. The van der Waals surface area contributed by atoms with E-state index >= 15 is 0 Å². The van der Waals surface area contributed by atoms with Gasteiger partial charge in [0.25, 0.3) is 0 Å². The van der Waals surface area contributed by atoms with E-state index in [1.807, 2.05) is 0 Å². The molecule has 5 nitrogen and oxygen atoms in total. The van der Waals surface area contributed by atoms with Crippen molar-refractivity contribution in [1.29, 1.82) is 5.26 Å². The molecule has 0 radical (unpaired) electrons. The first kappa shape index (κ1) is 18.6. The summed E-state index contributed by atoms with van der Waals surface area (Å²) in [4.78, 5) is 11.9. The molecule has 1 heterocycles. The van der Waals surface area contributed by atoms with Gasteiger partial charge in [-0.1, -0.05) is 39.1 Å². The van der Waals surface area contributed by atoms with Crippen LogP contribution in [0.2, 0.25) is 10.0 Å².